The Morgan fingerprint density at radius 1 is 1.33 bits per heavy atom. The van der Waals surface area contributed by atoms with Crippen molar-refractivity contribution in [1.29, 1.82) is 0 Å². The van der Waals surface area contributed by atoms with Crippen molar-refractivity contribution in [2.24, 2.45) is 17.6 Å². The first-order valence-corrected chi connectivity index (χ1v) is 6.10. The molecule has 2 unspecified atom stereocenters. The first-order chi connectivity index (χ1) is 7.13. The zero-order valence-corrected chi connectivity index (χ0v) is 10.4. The van der Waals surface area contributed by atoms with Crippen molar-refractivity contribution in [3.05, 3.63) is 0 Å². The Kier molecular flexibility index (Phi) is 5.58. The minimum atomic E-state index is 0.364. The molecule has 0 radical (unpaired) electrons. The lowest BCUT2D eigenvalue weighted by Gasteiger charge is -2.34. The summed E-state index contributed by atoms with van der Waals surface area (Å²) in [6.45, 7) is 8.84. The SMILES string of the molecule is COCC(C)CN1CCC(C(C)N)CC1. The topological polar surface area (TPSA) is 38.5 Å². The van der Waals surface area contributed by atoms with Gasteiger partial charge in [0.05, 0.1) is 0 Å². The van der Waals surface area contributed by atoms with Gasteiger partial charge in [0.15, 0.2) is 0 Å². The van der Waals surface area contributed by atoms with Gasteiger partial charge in [-0.3, -0.25) is 0 Å². The van der Waals surface area contributed by atoms with Crippen LogP contribution in [-0.4, -0.2) is 44.3 Å². The highest BCUT2D eigenvalue weighted by Crippen LogP contribution is 2.20. The number of nitrogens with zero attached hydrogens (tertiary/aromatic N) is 1. The Morgan fingerprint density at radius 3 is 2.40 bits per heavy atom. The molecule has 1 saturated heterocycles. The van der Waals surface area contributed by atoms with Gasteiger partial charge >= 0.3 is 0 Å². The molecule has 1 rings (SSSR count). The van der Waals surface area contributed by atoms with Crippen molar-refractivity contribution in [3.8, 4) is 0 Å². The molecule has 0 aliphatic carbocycles. The normalized spacial score (nSPS) is 24.0. The molecule has 15 heavy (non-hydrogen) atoms. The summed E-state index contributed by atoms with van der Waals surface area (Å²) in [6, 6.07) is 0.364. The average Bonchev–Trinajstić information content (AvgIpc) is 2.18. The molecule has 0 aromatic heterocycles. The van der Waals surface area contributed by atoms with E-state index < -0.39 is 0 Å². The van der Waals surface area contributed by atoms with Gasteiger partial charge in [-0.15, -0.1) is 0 Å². The van der Waals surface area contributed by atoms with Crippen LogP contribution in [0.1, 0.15) is 26.7 Å². The lowest BCUT2D eigenvalue weighted by atomic mass is 9.90. The van der Waals surface area contributed by atoms with Crippen LogP contribution in [0.25, 0.3) is 0 Å². The molecular weight excluding hydrogens is 188 g/mol. The number of likely N-dealkylation sites (tertiary alicyclic amines) is 1. The molecule has 1 aliphatic heterocycles. The van der Waals surface area contributed by atoms with E-state index in [0.717, 1.165) is 12.5 Å². The highest BCUT2D eigenvalue weighted by atomic mass is 16.5. The fourth-order valence-corrected chi connectivity index (χ4v) is 2.44. The standard InChI is InChI=1S/C12H26N2O/c1-10(9-15-3)8-14-6-4-12(5-7-14)11(2)13/h10-12H,4-9,13H2,1-3H3. The van der Waals surface area contributed by atoms with Crippen LogP contribution in [0.15, 0.2) is 0 Å². The first-order valence-electron chi connectivity index (χ1n) is 6.10. The van der Waals surface area contributed by atoms with E-state index in [2.05, 4.69) is 18.7 Å². The lowest BCUT2D eigenvalue weighted by molar-refractivity contribution is 0.107. The van der Waals surface area contributed by atoms with Crippen molar-refractivity contribution in [1.82, 2.24) is 4.90 Å². The number of methoxy groups -OCH3 is 1. The lowest BCUT2D eigenvalue weighted by Crippen LogP contribution is -2.41. The van der Waals surface area contributed by atoms with E-state index >= 15 is 0 Å². The van der Waals surface area contributed by atoms with Crippen LogP contribution in [0.5, 0.6) is 0 Å². The van der Waals surface area contributed by atoms with Crippen molar-refractivity contribution >= 4 is 0 Å². The second kappa shape index (κ2) is 6.46. The number of rotatable bonds is 5. The van der Waals surface area contributed by atoms with Gasteiger partial charge in [-0.25, -0.2) is 0 Å². The highest BCUT2D eigenvalue weighted by Gasteiger charge is 2.22. The van der Waals surface area contributed by atoms with E-state index in [4.69, 9.17) is 10.5 Å². The van der Waals surface area contributed by atoms with Crippen LogP contribution < -0.4 is 5.73 Å². The Bertz CT molecular complexity index is 165. The van der Waals surface area contributed by atoms with Crippen molar-refractivity contribution in [2.75, 3.05) is 33.4 Å². The summed E-state index contributed by atoms with van der Waals surface area (Å²) >= 11 is 0. The number of ether oxygens (including phenoxy) is 1. The highest BCUT2D eigenvalue weighted by molar-refractivity contribution is 4.78. The van der Waals surface area contributed by atoms with E-state index in [1.165, 1.54) is 32.5 Å². The van der Waals surface area contributed by atoms with Gasteiger partial charge in [-0.2, -0.15) is 0 Å². The number of nitrogens with two attached hydrogens (primary N) is 1. The molecule has 0 bridgehead atoms. The van der Waals surface area contributed by atoms with E-state index in [1.807, 2.05) is 0 Å². The molecule has 1 aliphatic rings. The van der Waals surface area contributed by atoms with E-state index in [0.29, 0.717) is 12.0 Å². The van der Waals surface area contributed by atoms with Crippen molar-refractivity contribution in [3.63, 3.8) is 0 Å². The molecule has 0 amide bonds. The number of piperidine rings is 1. The Labute approximate surface area is 94.0 Å². The van der Waals surface area contributed by atoms with Crippen LogP contribution in [0.2, 0.25) is 0 Å². The number of hydrogen-bond acceptors (Lipinski definition) is 3. The third-order valence-corrected chi connectivity index (χ3v) is 3.40. The monoisotopic (exact) mass is 214 g/mol. The maximum atomic E-state index is 5.92. The predicted molar refractivity (Wildman–Crippen MR) is 63.9 cm³/mol. The summed E-state index contributed by atoms with van der Waals surface area (Å²) in [6.07, 6.45) is 2.52. The van der Waals surface area contributed by atoms with Gasteiger partial charge in [-0.05, 0) is 44.7 Å². The molecule has 0 aromatic carbocycles. The molecule has 1 fully saturated rings. The predicted octanol–water partition coefficient (Wildman–Crippen LogP) is 1.33. The van der Waals surface area contributed by atoms with Crippen LogP contribution in [-0.2, 0) is 4.74 Å². The van der Waals surface area contributed by atoms with Crippen molar-refractivity contribution < 1.29 is 4.74 Å². The molecule has 3 nitrogen and oxygen atoms in total. The Balaban J connectivity index is 2.19. The zero-order valence-electron chi connectivity index (χ0n) is 10.4. The summed E-state index contributed by atoms with van der Waals surface area (Å²) in [5, 5.41) is 0. The van der Waals surface area contributed by atoms with E-state index in [9.17, 15) is 0 Å². The van der Waals surface area contributed by atoms with E-state index in [1.54, 1.807) is 7.11 Å². The second-order valence-electron chi connectivity index (χ2n) is 5.06. The summed E-state index contributed by atoms with van der Waals surface area (Å²) in [5.74, 6) is 1.38. The molecule has 3 heteroatoms. The fourth-order valence-electron chi connectivity index (χ4n) is 2.44. The minimum Gasteiger partial charge on any atom is -0.384 e. The molecular formula is C12H26N2O. The minimum absolute atomic E-state index is 0.364. The van der Waals surface area contributed by atoms with Crippen LogP contribution >= 0.6 is 0 Å². The molecule has 0 aromatic rings. The summed E-state index contributed by atoms with van der Waals surface area (Å²) in [4.78, 5) is 2.54. The molecule has 0 spiro atoms. The third-order valence-electron chi connectivity index (χ3n) is 3.40. The Hall–Kier alpha value is -0.120. The largest absolute Gasteiger partial charge is 0.384 e. The molecule has 1 heterocycles. The van der Waals surface area contributed by atoms with Gasteiger partial charge < -0.3 is 15.4 Å². The van der Waals surface area contributed by atoms with Gasteiger partial charge in [-0.1, -0.05) is 6.92 Å². The number of hydrogen-bond donors (Lipinski definition) is 1. The second-order valence-corrected chi connectivity index (χ2v) is 5.06. The quantitative estimate of drug-likeness (QED) is 0.750. The maximum absolute atomic E-state index is 5.92. The zero-order chi connectivity index (χ0) is 11.3. The van der Waals surface area contributed by atoms with Crippen LogP contribution in [0, 0.1) is 11.8 Å². The first kappa shape index (κ1) is 12.9. The van der Waals surface area contributed by atoms with Crippen LogP contribution in [0.3, 0.4) is 0 Å². The van der Waals surface area contributed by atoms with Gasteiger partial charge in [0.25, 0.3) is 0 Å². The van der Waals surface area contributed by atoms with Gasteiger partial charge in [0.2, 0.25) is 0 Å². The van der Waals surface area contributed by atoms with Gasteiger partial charge in [0, 0.05) is 26.3 Å². The molecule has 2 atom stereocenters. The Morgan fingerprint density at radius 2 is 1.93 bits per heavy atom. The van der Waals surface area contributed by atoms with Crippen molar-refractivity contribution in [2.45, 2.75) is 32.7 Å². The fraction of sp³-hybridized carbons (Fsp3) is 1.00. The summed E-state index contributed by atoms with van der Waals surface area (Å²) < 4.78 is 5.16. The van der Waals surface area contributed by atoms with Gasteiger partial charge in [0.1, 0.15) is 0 Å². The summed E-state index contributed by atoms with van der Waals surface area (Å²) in [5.41, 5.74) is 5.92. The summed E-state index contributed by atoms with van der Waals surface area (Å²) in [7, 11) is 1.78. The van der Waals surface area contributed by atoms with E-state index in [-0.39, 0.29) is 0 Å². The maximum Gasteiger partial charge on any atom is 0.0500 e. The average molecular weight is 214 g/mol. The van der Waals surface area contributed by atoms with Crippen LogP contribution in [0.4, 0.5) is 0 Å². The third kappa shape index (κ3) is 4.49. The molecule has 90 valence electrons. The molecule has 2 N–H and O–H groups in total. The smallest absolute Gasteiger partial charge is 0.0500 e. The molecule has 0 saturated carbocycles.